The van der Waals surface area contributed by atoms with Crippen LogP contribution in [0.5, 0.6) is 0 Å². The summed E-state index contributed by atoms with van der Waals surface area (Å²) in [5, 5.41) is 0.0840. The molecule has 3 rings (SSSR count). The molecule has 0 bridgehead atoms. The Morgan fingerprint density at radius 1 is 0.864 bits per heavy atom. The Hall–Kier alpha value is -2.70. The monoisotopic (exact) mass is 311 g/mol. The van der Waals surface area contributed by atoms with E-state index < -0.39 is 34.6 Å². The van der Waals surface area contributed by atoms with Gasteiger partial charge in [0.15, 0.2) is 29.6 Å². The third-order valence-corrected chi connectivity index (χ3v) is 3.34. The summed E-state index contributed by atoms with van der Waals surface area (Å²) in [6.07, 6.45) is 1.71. The summed E-state index contributed by atoms with van der Waals surface area (Å²) in [6.45, 7) is 0. The zero-order chi connectivity index (χ0) is 16.0. The number of aromatic amines is 1. The van der Waals surface area contributed by atoms with E-state index in [0.29, 0.717) is 11.8 Å². The van der Waals surface area contributed by atoms with Gasteiger partial charge in [0.1, 0.15) is 0 Å². The van der Waals surface area contributed by atoms with Gasteiger partial charge in [-0.3, -0.25) is 4.79 Å². The molecule has 1 N–H and O–H groups in total. The Labute approximate surface area is 120 Å². The fraction of sp³-hybridized carbons (Fsp3) is 0. The van der Waals surface area contributed by atoms with Crippen molar-refractivity contribution in [2.75, 3.05) is 0 Å². The van der Waals surface area contributed by atoms with Gasteiger partial charge in [0.25, 0.3) is 0 Å². The number of nitrogens with one attached hydrogen (secondary N) is 1. The van der Waals surface area contributed by atoms with Crippen LogP contribution in [0.1, 0.15) is 10.4 Å². The predicted octanol–water partition coefficient (Wildman–Crippen LogP) is 4.34. The first-order valence-electron chi connectivity index (χ1n) is 6.04. The summed E-state index contributed by atoms with van der Waals surface area (Å²) in [5.41, 5.74) is -0.934. The first-order valence-corrected chi connectivity index (χ1v) is 6.04. The van der Waals surface area contributed by atoms with Crippen LogP contribution in [0.3, 0.4) is 0 Å². The molecule has 0 amide bonds. The number of carbonyl (C=O) groups is 1. The molecule has 0 aliphatic carbocycles. The van der Waals surface area contributed by atoms with Crippen LogP contribution in [0, 0.1) is 29.1 Å². The van der Waals surface area contributed by atoms with Crippen LogP contribution in [0.25, 0.3) is 22.0 Å². The SMILES string of the molecule is O=Cc1c[nH]c2cccc(-c3c(F)c(F)c(F)c(F)c3F)c12. The lowest BCUT2D eigenvalue weighted by Crippen LogP contribution is -2.04. The predicted molar refractivity (Wildman–Crippen MR) is 68.9 cm³/mol. The fourth-order valence-electron chi connectivity index (χ4n) is 2.35. The summed E-state index contributed by atoms with van der Waals surface area (Å²) in [5.74, 6) is -10.2. The Morgan fingerprint density at radius 2 is 1.45 bits per heavy atom. The van der Waals surface area contributed by atoms with Gasteiger partial charge in [-0.25, -0.2) is 22.0 Å². The van der Waals surface area contributed by atoms with Gasteiger partial charge in [0.05, 0.1) is 5.56 Å². The molecular formula is C15H6F5NO. The van der Waals surface area contributed by atoms with Gasteiger partial charge < -0.3 is 4.98 Å². The lowest BCUT2D eigenvalue weighted by molar-refractivity contribution is 0.112. The normalized spacial score (nSPS) is 11.1. The number of H-pyrrole nitrogens is 1. The molecule has 2 nitrogen and oxygen atoms in total. The minimum atomic E-state index is -2.23. The van der Waals surface area contributed by atoms with Gasteiger partial charge in [0, 0.05) is 22.7 Å². The molecule has 0 aliphatic rings. The molecule has 3 aromatic rings. The standard InChI is InChI=1S/C15H6F5NO/c16-11-10(12(17)14(19)15(20)13(11)18)7-2-1-3-8-9(7)6(5-22)4-21-8/h1-5,21H. The zero-order valence-corrected chi connectivity index (χ0v) is 10.7. The minimum absolute atomic E-state index is 0.0505. The highest BCUT2D eigenvalue weighted by Gasteiger charge is 2.28. The second-order valence-electron chi connectivity index (χ2n) is 4.53. The lowest BCUT2D eigenvalue weighted by Gasteiger charge is -2.10. The molecule has 0 unspecified atom stereocenters. The van der Waals surface area contributed by atoms with Crippen LogP contribution < -0.4 is 0 Å². The van der Waals surface area contributed by atoms with Crippen LogP contribution in [0.2, 0.25) is 0 Å². The molecular weight excluding hydrogens is 305 g/mol. The average molecular weight is 311 g/mol. The average Bonchev–Trinajstić information content (AvgIpc) is 2.95. The number of fused-ring (bicyclic) bond motifs is 1. The van der Waals surface area contributed by atoms with Gasteiger partial charge in [-0.05, 0) is 11.6 Å². The number of hydrogen-bond donors (Lipinski definition) is 1. The molecule has 0 saturated carbocycles. The second kappa shape index (κ2) is 4.94. The van der Waals surface area contributed by atoms with Crippen LogP contribution in [0.15, 0.2) is 24.4 Å². The smallest absolute Gasteiger partial charge is 0.200 e. The first-order chi connectivity index (χ1) is 10.5. The van der Waals surface area contributed by atoms with Crippen LogP contribution in [0.4, 0.5) is 22.0 Å². The van der Waals surface area contributed by atoms with Crippen molar-refractivity contribution in [3.05, 3.63) is 59.0 Å². The number of rotatable bonds is 2. The van der Waals surface area contributed by atoms with Crippen molar-refractivity contribution in [1.29, 1.82) is 0 Å². The molecule has 22 heavy (non-hydrogen) atoms. The molecule has 0 radical (unpaired) electrons. The van der Waals surface area contributed by atoms with Crippen LogP contribution in [-0.4, -0.2) is 11.3 Å². The largest absolute Gasteiger partial charge is 0.360 e. The number of benzene rings is 2. The van der Waals surface area contributed by atoms with E-state index in [1.54, 1.807) is 0 Å². The van der Waals surface area contributed by atoms with Crippen molar-refractivity contribution in [3.8, 4) is 11.1 Å². The van der Waals surface area contributed by atoms with Gasteiger partial charge in [-0.2, -0.15) is 0 Å². The zero-order valence-electron chi connectivity index (χ0n) is 10.7. The Balaban J connectivity index is 2.48. The molecule has 2 aromatic carbocycles. The van der Waals surface area contributed by atoms with E-state index in [0.717, 1.165) is 0 Å². The molecule has 0 atom stereocenters. The molecule has 112 valence electrons. The summed E-state index contributed by atoms with van der Waals surface area (Å²) >= 11 is 0. The molecule has 1 aromatic heterocycles. The van der Waals surface area contributed by atoms with Gasteiger partial charge >= 0.3 is 0 Å². The van der Waals surface area contributed by atoms with Crippen molar-refractivity contribution in [3.63, 3.8) is 0 Å². The van der Waals surface area contributed by atoms with E-state index >= 15 is 0 Å². The Morgan fingerprint density at radius 3 is 2.05 bits per heavy atom. The molecule has 0 fully saturated rings. The number of aldehydes is 1. The number of hydrogen-bond acceptors (Lipinski definition) is 1. The highest BCUT2D eigenvalue weighted by atomic mass is 19.2. The van der Waals surface area contributed by atoms with E-state index in [1.165, 1.54) is 24.4 Å². The van der Waals surface area contributed by atoms with Gasteiger partial charge in [-0.15, -0.1) is 0 Å². The van der Waals surface area contributed by atoms with Gasteiger partial charge in [0.2, 0.25) is 5.82 Å². The van der Waals surface area contributed by atoms with E-state index in [-0.39, 0.29) is 16.5 Å². The van der Waals surface area contributed by atoms with Crippen molar-refractivity contribution in [2.45, 2.75) is 0 Å². The maximum Gasteiger partial charge on any atom is 0.200 e. The quantitative estimate of drug-likeness (QED) is 0.325. The van der Waals surface area contributed by atoms with Crippen molar-refractivity contribution in [1.82, 2.24) is 4.98 Å². The van der Waals surface area contributed by atoms with Gasteiger partial charge in [-0.1, -0.05) is 12.1 Å². The molecule has 0 spiro atoms. The number of carbonyl (C=O) groups excluding carboxylic acids is 1. The van der Waals surface area contributed by atoms with Crippen molar-refractivity contribution < 1.29 is 26.7 Å². The number of aromatic nitrogens is 1. The van der Waals surface area contributed by atoms with E-state index in [1.807, 2.05) is 0 Å². The first kappa shape index (κ1) is 14.2. The van der Waals surface area contributed by atoms with Crippen molar-refractivity contribution >= 4 is 17.2 Å². The summed E-state index contributed by atoms with van der Waals surface area (Å²) < 4.78 is 67.7. The highest BCUT2D eigenvalue weighted by molar-refractivity contribution is 6.05. The lowest BCUT2D eigenvalue weighted by atomic mass is 9.98. The third-order valence-electron chi connectivity index (χ3n) is 3.34. The second-order valence-corrected chi connectivity index (χ2v) is 4.53. The summed E-state index contributed by atoms with van der Waals surface area (Å²) in [6, 6.07) is 4.07. The molecule has 0 saturated heterocycles. The summed E-state index contributed by atoms with van der Waals surface area (Å²) in [4.78, 5) is 13.7. The van der Waals surface area contributed by atoms with E-state index in [4.69, 9.17) is 0 Å². The highest BCUT2D eigenvalue weighted by Crippen LogP contribution is 2.36. The molecule has 1 heterocycles. The van der Waals surface area contributed by atoms with E-state index in [9.17, 15) is 26.7 Å². The third kappa shape index (κ3) is 1.82. The minimum Gasteiger partial charge on any atom is -0.360 e. The fourth-order valence-corrected chi connectivity index (χ4v) is 2.35. The Kier molecular flexibility index (Phi) is 3.20. The van der Waals surface area contributed by atoms with Crippen LogP contribution >= 0.6 is 0 Å². The van der Waals surface area contributed by atoms with Crippen molar-refractivity contribution in [2.24, 2.45) is 0 Å². The summed E-state index contributed by atoms with van der Waals surface area (Å²) in [7, 11) is 0. The molecule has 0 aliphatic heterocycles. The maximum absolute atomic E-state index is 13.9. The number of halogens is 5. The van der Waals surface area contributed by atoms with Crippen LogP contribution in [-0.2, 0) is 0 Å². The Bertz CT molecular complexity index is 887. The molecule has 7 heteroatoms. The maximum atomic E-state index is 13.9. The van der Waals surface area contributed by atoms with E-state index in [2.05, 4.69) is 4.98 Å². The topological polar surface area (TPSA) is 32.9 Å².